The van der Waals surface area contributed by atoms with Crippen LogP contribution in [0, 0.1) is 5.82 Å². The molecule has 3 rings (SSSR count). The second-order valence-corrected chi connectivity index (χ2v) is 4.86. The van der Waals surface area contributed by atoms with Crippen molar-refractivity contribution >= 4 is 10.9 Å². The van der Waals surface area contributed by atoms with Gasteiger partial charge in [-0.15, -0.1) is 0 Å². The highest BCUT2D eigenvalue weighted by molar-refractivity contribution is 5.85. The van der Waals surface area contributed by atoms with Crippen molar-refractivity contribution in [2.24, 2.45) is 0 Å². The van der Waals surface area contributed by atoms with Crippen LogP contribution in [0.15, 0.2) is 55.4 Å². The molecule has 1 heterocycles. The molecule has 0 bridgehead atoms. The minimum absolute atomic E-state index is 0.107. The van der Waals surface area contributed by atoms with Gasteiger partial charge < -0.3 is 14.2 Å². The average molecular weight is 326 g/mol. The van der Waals surface area contributed by atoms with Crippen LogP contribution < -0.4 is 14.2 Å². The topological polar surface area (TPSA) is 53.5 Å². The van der Waals surface area contributed by atoms with Crippen molar-refractivity contribution in [3.63, 3.8) is 0 Å². The van der Waals surface area contributed by atoms with Crippen LogP contribution in [0.2, 0.25) is 0 Å². The van der Waals surface area contributed by atoms with Crippen molar-refractivity contribution < 1.29 is 18.6 Å². The van der Waals surface area contributed by atoms with Gasteiger partial charge >= 0.3 is 0 Å². The van der Waals surface area contributed by atoms with Crippen LogP contribution >= 0.6 is 0 Å². The zero-order valence-corrected chi connectivity index (χ0v) is 13.0. The van der Waals surface area contributed by atoms with Crippen molar-refractivity contribution in [2.75, 3.05) is 13.7 Å². The number of halogens is 1. The number of hydrogen-bond donors (Lipinski definition) is 0. The molecule has 3 aromatic rings. The lowest BCUT2D eigenvalue weighted by molar-refractivity contribution is 0.362. The molecular weight excluding hydrogens is 311 g/mol. The Kier molecular flexibility index (Phi) is 4.56. The first-order valence-electron chi connectivity index (χ1n) is 7.21. The zero-order valence-electron chi connectivity index (χ0n) is 13.0. The predicted octanol–water partition coefficient (Wildman–Crippen LogP) is 4.13. The maximum atomic E-state index is 13.8. The molecule has 5 nitrogen and oxygen atoms in total. The Morgan fingerprint density at radius 1 is 1.12 bits per heavy atom. The first kappa shape index (κ1) is 15.7. The van der Waals surface area contributed by atoms with Crippen LogP contribution in [0.25, 0.3) is 10.9 Å². The first-order chi connectivity index (χ1) is 11.7. The highest BCUT2D eigenvalue weighted by Gasteiger charge is 2.11. The summed E-state index contributed by atoms with van der Waals surface area (Å²) >= 11 is 0. The van der Waals surface area contributed by atoms with Crippen LogP contribution in [0.1, 0.15) is 0 Å². The average Bonchev–Trinajstić information content (AvgIpc) is 2.61. The minimum Gasteiger partial charge on any atom is -0.494 e. The fraction of sp³-hybridized carbons (Fsp3) is 0.111. The van der Waals surface area contributed by atoms with Crippen LogP contribution in [-0.4, -0.2) is 23.7 Å². The molecule has 0 aliphatic carbocycles. The van der Waals surface area contributed by atoms with Crippen molar-refractivity contribution in [3.8, 4) is 23.1 Å². The molecule has 0 radical (unpaired) electrons. The van der Waals surface area contributed by atoms with E-state index in [1.54, 1.807) is 30.3 Å². The van der Waals surface area contributed by atoms with Gasteiger partial charge in [0.25, 0.3) is 0 Å². The quantitative estimate of drug-likeness (QED) is 0.637. The number of benzene rings is 2. The molecular formula is C18H15FN2O3. The summed E-state index contributed by atoms with van der Waals surface area (Å²) in [5.41, 5.74) is 0.434. The van der Waals surface area contributed by atoms with Gasteiger partial charge in [0.2, 0.25) is 5.88 Å². The molecule has 24 heavy (non-hydrogen) atoms. The summed E-state index contributed by atoms with van der Waals surface area (Å²) in [5.74, 6) is 1.22. The van der Waals surface area contributed by atoms with Gasteiger partial charge in [-0.25, -0.2) is 14.4 Å². The highest BCUT2D eigenvalue weighted by atomic mass is 19.1. The minimum atomic E-state index is -0.488. The Morgan fingerprint density at radius 3 is 2.58 bits per heavy atom. The van der Waals surface area contributed by atoms with Crippen molar-refractivity contribution in [3.05, 3.63) is 61.2 Å². The molecule has 0 fully saturated rings. The second kappa shape index (κ2) is 6.95. The maximum Gasteiger partial charge on any atom is 0.230 e. The smallest absolute Gasteiger partial charge is 0.230 e. The Hall–Kier alpha value is -3.15. The van der Waals surface area contributed by atoms with Gasteiger partial charge in [0, 0.05) is 6.07 Å². The lowest BCUT2D eigenvalue weighted by Gasteiger charge is -2.10. The third-order valence-electron chi connectivity index (χ3n) is 3.28. The predicted molar refractivity (Wildman–Crippen MR) is 88.3 cm³/mol. The second-order valence-electron chi connectivity index (χ2n) is 4.86. The summed E-state index contributed by atoms with van der Waals surface area (Å²) in [6.07, 6.45) is 3.00. The molecule has 0 N–H and O–H groups in total. The van der Waals surface area contributed by atoms with E-state index >= 15 is 0 Å². The van der Waals surface area contributed by atoms with Gasteiger partial charge in [-0.2, -0.15) is 0 Å². The van der Waals surface area contributed by atoms with Crippen molar-refractivity contribution in [1.82, 2.24) is 9.97 Å². The van der Waals surface area contributed by atoms with Gasteiger partial charge in [0.05, 0.1) is 18.0 Å². The number of hydrogen-bond acceptors (Lipinski definition) is 5. The maximum absolute atomic E-state index is 13.8. The molecule has 2 aromatic carbocycles. The fourth-order valence-corrected chi connectivity index (χ4v) is 2.14. The van der Waals surface area contributed by atoms with Gasteiger partial charge in [-0.1, -0.05) is 12.7 Å². The summed E-state index contributed by atoms with van der Waals surface area (Å²) in [6.45, 7) is 4.03. The summed E-state index contributed by atoms with van der Waals surface area (Å²) in [5, 5.41) is 0.558. The molecule has 0 atom stereocenters. The normalized spacial score (nSPS) is 10.4. The van der Waals surface area contributed by atoms with Crippen molar-refractivity contribution in [2.45, 2.75) is 0 Å². The van der Waals surface area contributed by atoms with Gasteiger partial charge in [0.1, 0.15) is 24.4 Å². The number of aromatic nitrogens is 2. The molecule has 6 heteroatoms. The fourth-order valence-electron chi connectivity index (χ4n) is 2.14. The largest absolute Gasteiger partial charge is 0.494 e. The lowest BCUT2D eigenvalue weighted by atomic mass is 10.2. The van der Waals surface area contributed by atoms with E-state index in [1.165, 1.54) is 25.6 Å². The van der Waals surface area contributed by atoms with Crippen LogP contribution in [0.5, 0.6) is 23.1 Å². The zero-order chi connectivity index (χ0) is 16.9. The molecule has 122 valence electrons. The van der Waals surface area contributed by atoms with Gasteiger partial charge in [-0.3, -0.25) is 0 Å². The molecule has 1 aromatic heterocycles. The number of methoxy groups -OCH3 is 1. The van der Waals surface area contributed by atoms with E-state index in [9.17, 15) is 4.39 Å². The summed E-state index contributed by atoms with van der Waals surface area (Å²) in [6, 6.07) is 9.88. The number of fused-ring (bicyclic) bond motifs is 1. The lowest BCUT2D eigenvalue weighted by Crippen LogP contribution is -1.95. The first-order valence-corrected chi connectivity index (χ1v) is 7.21. The van der Waals surface area contributed by atoms with Crippen LogP contribution in [0.4, 0.5) is 4.39 Å². The summed E-state index contributed by atoms with van der Waals surface area (Å²) in [7, 11) is 1.40. The molecule has 0 unspecified atom stereocenters. The van der Waals surface area contributed by atoms with Crippen LogP contribution in [0.3, 0.4) is 0 Å². The van der Waals surface area contributed by atoms with E-state index in [4.69, 9.17) is 14.2 Å². The van der Waals surface area contributed by atoms with E-state index in [0.29, 0.717) is 34.9 Å². The van der Waals surface area contributed by atoms with E-state index in [2.05, 4.69) is 16.5 Å². The molecule has 0 aliphatic heterocycles. The highest BCUT2D eigenvalue weighted by Crippen LogP contribution is 2.31. The van der Waals surface area contributed by atoms with E-state index in [0.717, 1.165) is 0 Å². The summed E-state index contributed by atoms with van der Waals surface area (Å²) in [4.78, 5) is 8.17. The Bertz CT molecular complexity index is 866. The van der Waals surface area contributed by atoms with Crippen LogP contribution in [-0.2, 0) is 0 Å². The van der Waals surface area contributed by atoms with Gasteiger partial charge in [0.15, 0.2) is 11.6 Å². The number of ether oxygens (including phenoxy) is 3. The molecule has 0 saturated heterocycles. The number of nitrogens with zero attached hydrogens (tertiary/aromatic N) is 2. The number of rotatable bonds is 6. The SMILES string of the molecule is C=CCOc1ccc(Oc2ncnc3cc(F)c(OC)cc23)cc1. The summed E-state index contributed by atoms with van der Waals surface area (Å²) < 4.78 is 30.0. The van der Waals surface area contributed by atoms with Gasteiger partial charge in [-0.05, 0) is 30.3 Å². The molecule has 0 spiro atoms. The monoisotopic (exact) mass is 326 g/mol. The van der Waals surface area contributed by atoms with E-state index < -0.39 is 5.82 Å². The standard InChI is InChI=1S/C18H15FN2O3/c1-3-8-23-12-4-6-13(7-5-12)24-18-14-9-17(22-2)15(19)10-16(14)20-11-21-18/h3-7,9-11H,1,8H2,2H3. The molecule has 0 amide bonds. The van der Waals surface area contributed by atoms with E-state index in [1.807, 2.05) is 0 Å². The third kappa shape index (κ3) is 3.27. The van der Waals surface area contributed by atoms with E-state index in [-0.39, 0.29) is 5.75 Å². The Morgan fingerprint density at radius 2 is 1.88 bits per heavy atom. The Balaban J connectivity index is 1.90. The Labute approximate surface area is 138 Å². The molecule has 0 saturated carbocycles. The van der Waals surface area contributed by atoms with Crippen molar-refractivity contribution in [1.29, 1.82) is 0 Å². The molecule has 0 aliphatic rings. The third-order valence-corrected chi connectivity index (χ3v) is 3.28.